The summed E-state index contributed by atoms with van der Waals surface area (Å²) < 4.78 is 16.2. The Morgan fingerprint density at radius 1 is 0.879 bits per heavy atom. The second kappa shape index (κ2) is 11.0. The maximum Gasteiger partial charge on any atom is 0.338 e. The number of benzene rings is 3. The predicted molar refractivity (Wildman–Crippen MR) is 128 cm³/mol. The van der Waals surface area contributed by atoms with Crippen molar-refractivity contribution in [2.45, 2.75) is 19.8 Å². The number of hydrogen-bond donors (Lipinski definition) is 1. The number of esters is 1. The van der Waals surface area contributed by atoms with E-state index in [9.17, 15) is 9.59 Å². The van der Waals surface area contributed by atoms with E-state index in [2.05, 4.69) is 0 Å². The maximum absolute atomic E-state index is 12.5. The molecular formula is C27H27NO5. The molecule has 0 heterocycles. The van der Waals surface area contributed by atoms with E-state index in [1.165, 1.54) is 7.11 Å². The Balaban J connectivity index is 1.79. The third kappa shape index (κ3) is 6.71. The molecule has 0 saturated carbocycles. The quantitative estimate of drug-likeness (QED) is 0.287. The first kappa shape index (κ1) is 23.6. The lowest BCUT2D eigenvalue weighted by atomic mass is 10.0. The molecule has 0 aliphatic heterocycles. The van der Waals surface area contributed by atoms with Gasteiger partial charge in [-0.25, -0.2) is 4.79 Å². The zero-order chi connectivity index (χ0) is 23.8. The van der Waals surface area contributed by atoms with E-state index in [0.717, 1.165) is 22.4 Å². The van der Waals surface area contributed by atoms with Crippen molar-refractivity contribution in [3.8, 4) is 17.2 Å². The Morgan fingerprint density at radius 2 is 1.52 bits per heavy atom. The van der Waals surface area contributed by atoms with Crippen LogP contribution in [-0.4, -0.2) is 26.1 Å². The summed E-state index contributed by atoms with van der Waals surface area (Å²) in [5.41, 5.74) is 9.20. The van der Waals surface area contributed by atoms with Crippen molar-refractivity contribution in [1.82, 2.24) is 0 Å². The van der Waals surface area contributed by atoms with Gasteiger partial charge in [0.2, 0.25) is 5.91 Å². The van der Waals surface area contributed by atoms with Gasteiger partial charge < -0.3 is 19.9 Å². The van der Waals surface area contributed by atoms with Gasteiger partial charge in [-0.05, 0) is 78.1 Å². The van der Waals surface area contributed by atoms with Crippen LogP contribution in [0.15, 0.2) is 66.7 Å². The highest BCUT2D eigenvalue weighted by Gasteiger charge is 2.13. The fourth-order valence-electron chi connectivity index (χ4n) is 3.34. The van der Waals surface area contributed by atoms with Gasteiger partial charge in [0.15, 0.2) is 0 Å². The standard InChI is InChI=1S/C27H27NO5/c1-18-14-20(16-24(15-18)31-2)17-25(27(30)32-3)21-7-11-23(12-8-21)33-22-9-4-19(5-10-22)6-13-26(28)29/h4-5,7-12,14-17H,6,13H2,1-3H3,(H2,28,29)/b25-17+. The van der Waals surface area contributed by atoms with Crippen molar-refractivity contribution in [3.05, 3.63) is 89.0 Å². The molecule has 0 bridgehead atoms. The maximum atomic E-state index is 12.5. The van der Waals surface area contributed by atoms with Gasteiger partial charge in [-0.2, -0.15) is 0 Å². The number of nitrogens with two attached hydrogens (primary N) is 1. The molecule has 2 N–H and O–H groups in total. The van der Waals surface area contributed by atoms with Crippen LogP contribution in [0.2, 0.25) is 0 Å². The second-order valence-corrected chi connectivity index (χ2v) is 7.57. The number of methoxy groups -OCH3 is 2. The minimum absolute atomic E-state index is 0.313. The Kier molecular flexibility index (Phi) is 7.86. The van der Waals surface area contributed by atoms with Crippen molar-refractivity contribution in [1.29, 1.82) is 0 Å². The van der Waals surface area contributed by atoms with Gasteiger partial charge in [0, 0.05) is 6.42 Å². The molecule has 0 aliphatic carbocycles. The molecule has 0 saturated heterocycles. The van der Waals surface area contributed by atoms with E-state index in [4.69, 9.17) is 19.9 Å². The number of rotatable bonds is 9. The zero-order valence-electron chi connectivity index (χ0n) is 19.0. The fraction of sp³-hybridized carbons (Fsp3) is 0.185. The molecule has 0 aromatic heterocycles. The zero-order valence-corrected chi connectivity index (χ0v) is 19.0. The molecule has 6 heteroatoms. The molecule has 3 aromatic rings. The van der Waals surface area contributed by atoms with Crippen molar-refractivity contribution in [2.75, 3.05) is 14.2 Å². The minimum Gasteiger partial charge on any atom is -0.497 e. The third-order valence-corrected chi connectivity index (χ3v) is 5.01. The highest BCUT2D eigenvalue weighted by Crippen LogP contribution is 2.27. The first-order valence-electron chi connectivity index (χ1n) is 10.5. The Bertz CT molecular complexity index is 1150. The van der Waals surface area contributed by atoms with Crippen LogP contribution in [-0.2, 0) is 20.7 Å². The van der Waals surface area contributed by atoms with Gasteiger partial charge in [0.1, 0.15) is 17.2 Å². The lowest BCUT2D eigenvalue weighted by molar-refractivity contribution is -0.133. The molecule has 0 radical (unpaired) electrons. The Labute approximate surface area is 193 Å². The minimum atomic E-state index is -0.435. The van der Waals surface area contributed by atoms with Gasteiger partial charge in [0.05, 0.1) is 19.8 Å². The Morgan fingerprint density at radius 3 is 2.09 bits per heavy atom. The van der Waals surface area contributed by atoms with Gasteiger partial charge in [-0.15, -0.1) is 0 Å². The van der Waals surface area contributed by atoms with Crippen LogP contribution in [0.3, 0.4) is 0 Å². The summed E-state index contributed by atoms with van der Waals surface area (Å²) in [6, 6.07) is 20.5. The SMILES string of the molecule is COC(=O)/C(=C/c1cc(C)cc(OC)c1)c1ccc(Oc2ccc(CCC(N)=O)cc2)cc1. The number of primary amides is 1. The van der Waals surface area contributed by atoms with E-state index in [1.54, 1.807) is 25.3 Å². The summed E-state index contributed by atoms with van der Waals surface area (Å²) in [5.74, 6) is 1.26. The predicted octanol–water partition coefficient (Wildman–Crippen LogP) is 4.93. The lowest BCUT2D eigenvalue weighted by Crippen LogP contribution is -2.11. The molecule has 0 aliphatic rings. The summed E-state index contributed by atoms with van der Waals surface area (Å²) in [7, 11) is 2.97. The Hall–Kier alpha value is -4.06. The average molecular weight is 446 g/mol. The topological polar surface area (TPSA) is 87.8 Å². The van der Waals surface area contributed by atoms with E-state index < -0.39 is 5.97 Å². The fourth-order valence-corrected chi connectivity index (χ4v) is 3.34. The summed E-state index contributed by atoms with van der Waals surface area (Å²) >= 11 is 0. The second-order valence-electron chi connectivity index (χ2n) is 7.57. The van der Waals surface area contributed by atoms with Crippen LogP contribution in [0.5, 0.6) is 17.2 Å². The molecule has 0 fully saturated rings. The van der Waals surface area contributed by atoms with Crippen molar-refractivity contribution in [2.24, 2.45) is 5.73 Å². The van der Waals surface area contributed by atoms with Crippen LogP contribution < -0.4 is 15.2 Å². The van der Waals surface area contributed by atoms with Gasteiger partial charge >= 0.3 is 5.97 Å². The molecule has 33 heavy (non-hydrogen) atoms. The van der Waals surface area contributed by atoms with E-state index in [0.29, 0.717) is 35.5 Å². The normalized spacial score (nSPS) is 11.1. The third-order valence-electron chi connectivity index (χ3n) is 5.01. The molecule has 3 rings (SSSR count). The number of carbonyl (C=O) groups excluding carboxylic acids is 2. The van der Waals surface area contributed by atoms with E-state index >= 15 is 0 Å². The first-order valence-corrected chi connectivity index (χ1v) is 10.5. The molecule has 6 nitrogen and oxygen atoms in total. The van der Waals surface area contributed by atoms with Crippen LogP contribution >= 0.6 is 0 Å². The number of carbonyl (C=O) groups is 2. The van der Waals surface area contributed by atoms with Crippen LogP contribution in [0, 0.1) is 6.92 Å². The van der Waals surface area contributed by atoms with Crippen molar-refractivity contribution in [3.63, 3.8) is 0 Å². The lowest BCUT2D eigenvalue weighted by Gasteiger charge is -2.10. The summed E-state index contributed by atoms with van der Waals surface area (Å²) in [6.45, 7) is 1.97. The molecule has 0 unspecified atom stereocenters. The van der Waals surface area contributed by atoms with Crippen LogP contribution in [0.25, 0.3) is 11.6 Å². The van der Waals surface area contributed by atoms with Crippen molar-refractivity contribution < 1.29 is 23.8 Å². The molecule has 0 spiro atoms. The largest absolute Gasteiger partial charge is 0.497 e. The van der Waals surface area contributed by atoms with E-state index in [-0.39, 0.29) is 5.91 Å². The van der Waals surface area contributed by atoms with Gasteiger partial charge in [-0.1, -0.05) is 30.3 Å². The van der Waals surface area contributed by atoms with Gasteiger partial charge in [-0.3, -0.25) is 4.79 Å². The molecular weight excluding hydrogens is 418 g/mol. The number of ether oxygens (including phenoxy) is 3. The van der Waals surface area contributed by atoms with Crippen LogP contribution in [0.1, 0.15) is 28.7 Å². The molecule has 1 amide bonds. The van der Waals surface area contributed by atoms with Crippen LogP contribution in [0.4, 0.5) is 0 Å². The number of amides is 1. The van der Waals surface area contributed by atoms with Gasteiger partial charge in [0.25, 0.3) is 0 Å². The monoisotopic (exact) mass is 445 g/mol. The highest BCUT2D eigenvalue weighted by molar-refractivity contribution is 6.21. The summed E-state index contributed by atoms with van der Waals surface area (Å²) in [6.07, 6.45) is 2.69. The first-order chi connectivity index (χ1) is 15.9. The summed E-state index contributed by atoms with van der Waals surface area (Å²) in [5, 5.41) is 0. The molecule has 170 valence electrons. The highest BCUT2D eigenvalue weighted by atomic mass is 16.5. The molecule has 3 aromatic carbocycles. The number of hydrogen-bond acceptors (Lipinski definition) is 5. The van der Waals surface area contributed by atoms with E-state index in [1.807, 2.05) is 61.5 Å². The van der Waals surface area contributed by atoms with Crippen molar-refractivity contribution >= 4 is 23.5 Å². The summed E-state index contributed by atoms with van der Waals surface area (Å²) in [4.78, 5) is 23.4. The molecule has 0 atom stereocenters. The average Bonchev–Trinajstić information content (AvgIpc) is 2.82. The smallest absolute Gasteiger partial charge is 0.338 e. The number of aryl methyl sites for hydroxylation is 2.